The molecule has 0 radical (unpaired) electrons. The molecule has 0 aliphatic carbocycles. The second kappa shape index (κ2) is 7.73. The van der Waals surface area contributed by atoms with Gasteiger partial charge in [0.15, 0.2) is 0 Å². The molecule has 3 nitrogen and oxygen atoms in total. The van der Waals surface area contributed by atoms with Crippen molar-refractivity contribution in [1.82, 2.24) is 0 Å². The molecule has 3 N–H and O–H groups in total. The van der Waals surface area contributed by atoms with Crippen LogP contribution in [0.15, 0.2) is 0 Å². The number of quaternary nitrogens is 1. The van der Waals surface area contributed by atoms with Gasteiger partial charge in [-0.15, -0.1) is 0 Å². The predicted octanol–water partition coefficient (Wildman–Crippen LogP) is 0.547. The zero-order valence-electron chi connectivity index (χ0n) is 7.62. The van der Waals surface area contributed by atoms with E-state index in [1.807, 2.05) is 0 Å². The van der Waals surface area contributed by atoms with Gasteiger partial charge >= 0.3 is 88.2 Å². The topological polar surface area (TPSA) is 46.1 Å². The van der Waals surface area contributed by atoms with Crippen LogP contribution in [0.1, 0.15) is 26.7 Å². The van der Waals surface area contributed by atoms with Crippen LogP contribution in [-0.2, 0) is 9.05 Å². The predicted molar refractivity (Wildman–Crippen MR) is 53.8 cm³/mol. The summed E-state index contributed by atoms with van der Waals surface area (Å²) >= 11 is 3.23. The van der Waals surface area contributed by atoms with Gasteiger partial charge < -0.3 is 0 Å². The maximum atomic E-state index is 5.63. The van der Waals surface area contributed by atoms with Crippen LogP contribution >= 0.6 is 4.65 Å². The van der Waals surface area contributed by atoms with Crippen LogP contribution in [0.2, 0.25) is 0 Å². The molecule has 0 fully saturated rings. The van der Waals surface area contributed by atoms with Crippen LogP contribution in [0.5, 0.6) is 0 Å². The Bertz CT molecular complexity index is 144. The van der Waals surface area contributed by atoms with Crippen molar-refractivity contribution in [3.05, 3.63) is 0 Å². The second-order valence-electron chi connectivity index (χ2n) is 2.24. The minimum absolute atomic E-state index is 0.192. The summed E-state index contributed by atoms with van der Waals surface area (Å²) in [5, 5.41) is 0. The summed E-state index contributed by atoms with van der Waals surface area (Å²) in [5.41, 5.74) is 0. The SMILES string of the molecule is CCCOP(=[Se])(OCCC)[Se][NH3+]. The summed E-state index contributed by atoms with van der Waals surface area (Å²) in [6.07, 6.45) is 2.07. The van der Waals surface area contributed by atoms with Crippen molar-refractivity contribution in [1.29, 1.82) is 0 Å². The third kappa shape index (κ3) is 5.90. The first-order chi connectivity index (χ1) is 5.68. The summed E-state index contributed by atoms with van der Waals surface area (Å²) in [6.45, 7) is 5.75. The monoisotopic (exact) mass is 326 g/mol. The van der Waals surface area contributed by atoms with E-state index in [1.54, 1.807) is 0 Å². The molecule has 0 aliphatic rings. The average molecular weight is 324 g/mol. The zero-order valence-corrected chi connectivity index (χ0v) is 11.9. The molecule has 0 heterocycles. The molecule has 0 amide bonds. The number of rotatable bonds is 7. The van der Waals surface area contributed by atoms with Crippen molar-refractivity contribution in [2.24, 2.45) is 0 Å². The van der Waals surface area contributed by atoms with Crippen LogP contribution in [-0.4, -0.2) is 43.0 Å². The molecule has 0 bridgehead atoms. The van der Waals surface area contributed by atoms with Gasteiger partial charge in [-0.2, -0.15) is 0 Å². The molecule has 12 heavy (non-hydrogen) atoms. The molecule has 0 aromatic carbocycles. The summed E-state index contributed by atoms with van der Waals surface area (Å²) in [7, 11) is 0. The summed E-state index contributed by atoms with van der Waals surface area (Å²) in [6, 6.07) is 0. The molecular weight excluding hydrogens is 307 g/mol. The molecule has 0 unspecified atom stereocenters. The van der Waals surface area contributed by atoms with Crippen molar-refractivity contribution in [2.45, 2.75) is 26.7 Å². The fourth-order valence-corrected chi connectivity index (χ4v) is 4.37. The summed E-state index contributed by atoms with van der Waals surface area (Å²) in [4.78, 5) is 0. The van der Waals surface area contributed by atoms with Crippen LogP contribution < -0.4 is 4.75 Å². The van der Waals surface area contributed by atoms with Crippen molar-refractivity contribution in [3.63, 3.8) is 0 Å². The molecule has 0 spiro atoms. The maximum absolute atomic E-state index is 5.63. The molecule has 0 aromatic rings. The quantitative estimate of drug-likeness (QED) is 0.549. The fraction of sp³-hybridized carbons (Fsp3) is 1.00. The van der Waals surface area contributed by atoms with Gasteiger partial charge in [0, 0.05) is 0 Å². The summed E-state index contributed by atoms with van der Waals surface area (Å²) in [5.74, 6) is 0. The molecule has 0 atom stereocenters. The van der Waals surface area contributed by atoms with E-state index in [9.17, 15) is 0 Å². The Hall–Kier alpha value is 1.35. The van der Waals surface area contributed by atoms with Crippen molar-refractivity contribution in [3.8, 4) is 0 Å². The Morgan fingerprint density at radius 2 is 1.67 bits per heavy atom. The molecule has 0 aromatic heterocycles. The second-order valence-corrected chi connectivity index (χ2v) is 15.1. The van der Waals surface area contributed by atoms with Gasteiger partial charge in [0.2, 0.25) is 0 Å². The standard InChI is InChI=1S/C6H16NO2PSe2/c1-3-5-8-10(11,12-7)9-6-4-2/h3-7H2,1-2H3/p+1. The van der Waals surface area contributed by atoms with E-state index in [0.717, 1.165) is 26.1 Å². The van der Waals surface area contributed by atoms with Crippen LogP contribution in [0.3, 0.4) is 0 Å². The van der Waals surface area contributed by atoms with E-state index in [2.05, 4.69) is 33.7 Å². The molecule has 74 valence electrons. The third-order valence-electron chi connectivity index (χ3n) is 1.07. The van der Waals surface area contributed by atoms with E-state index in [4.69, 9.17) is 9.05 Å². The zero-order chi connectivity index (χ0) is 9.45. The number of hydrogen-bond acceptors (Lipinski definition) is 2. The Kier molecular flexibility index (Phi) is 8.59. The van der Waals surface area contributed by atoms with E-state index in [1.165, 1.54) is 0 Å². The van der Waals surface area contributed by atoms with E-state index < -0.39 is 4.65 Å². The van der Waals surface area contributed by atoms with Crippen LogP contribution in [0, 0.1) is 0 Å². The first-order valence-corrected chi connectivity index (χ1v) is 11.3. The van der Waals surface area contributed by atoms with Gasteiger partial charge in [0.25, 0.3) is 0 Å². The van der Waals surface area contributed by atoms with Gasteiger partial charge in [-0.3, -0.25) is 0 Å². The Labute approximate surface area is 88.1 Å². The minimum atomic E-state index is -1.66. The molecule has 6 heteroatoms. The van der Waals surface area contributed by atoms with Gasteiger partial charge in [0.05, 0.1) is 0 Å². The molecule has 0 aliphatic heterocycles. The molecule has 0 saturated carbocycles. The Morgan fingerprint density at radius 3 is 1.92 bits per heavy atom. The molecule has 0 saturated heterocycles. The Morgan fingerprint density at radius 1 is 1.25 bits per heavy atom. The Balaban J connectivity index is 3.79. The van der Waals surface area contributed by atoms with Gasteiger partial charge in [-0.1, -0.05) is 0 Å². The third-order valence-corrected chi connectivity index (χ3v) is 10.5. The molecular formula is C6H17NO2PSe2+. The van der Waals surface area contributed by atoms with E-state index >= 15 is 0 Å². The normalized spacial score (nSPS) is 11.9. The van der Waals surface area contributed by atoms with Gasteiger partial charge in [-0.25, -0.2) is 0 Å². The first kappa shape index (κ1) is 13.3. The average Bonchev–Trinajstić information content (AvgIpc) is 2.11. The van der Waals surface area contributed by atoms with E-state index in [0.29, 0.717) is 0 Å². The van der Waals surface area contributed by atoms with Crippen molar-refractivity contribution < 1.29 is 13.8 Å². The van der Waals surface area contributed by atoms with Crippen LogP contribution in [0.4, 0.5) is 0 Å². The van der Waals surface area contributed by atoms with Crippen LogP contribution in [0.25, 0.3) is 0 Å². The molecule has 0 rings (SSSR count). The van der Waals surface area contributed by atoms with Gasteiger partial charge in [0.1, 0.15) is 0 Å². The van der Waals surface area contributed by atoms with Crippen molar-refractivity contribution >= 4 is 34.5 Å². The summed E-state index contributed by atoms with van der Waals surface area (Å²) < 4.78 is 13.5. The van der Waals surface area contributed by atoms with Gasteiger partial charge in [-0.05, 0) is 0 Å². The first-order valence-electron chi connectivity index (χ1n) is 4.01. The van der Waals surface area contributed by atoms with E-state index in [-0.39, 0.29) is 14.7 Å². The fourth-order valence-electron chi connectivity index (χ4n) is 0.518. The van der Waals surface area contributed by atoms with Crippen molar-refractivity contribution in [2.75, 3.05) is 13.2 Å². The number of hydrogen-bond donors (Lipinski definition) is 1.